The van der Waals surface area contributed by atoms with Gasteiger partial charge in [0.2, 0.25) is 0 Å². The molecule has 2 aromatic carbocycles. The van der Waals surface area contributed by atoms with Crippen LogP contribution in [0.2, 0.25) is 0 Å². The van der Waals surface area contributed by atoms with Crippen LogP contribution in [0.5, 0.6) is 23.0 Å². The van der Waals surface area contributed by atoms with Crippen LogP contribution in [0.4, 0.5) is 0 Å². The second-order valence-corrected chi connectivity index (χ2v) is 4.28. The molecule has 0 unspecified atom stereocenters. The van der Waals surface area contributed by atoms with E-state index in [2.05, 4.69) is 0 Å². The molecular weight excluding hydrogens is 276 g/mol. The summed E-state index contributed by atoms with van der Waals surface area (Å²) in [6, 6.07) is 8.16. The molecule has 0 spiro atoms. The first-order valence-corrected chi connectivity index (χ1v) is 6.06. The zero-order chi connectivity index (χ0) is 15.4. The van der Waals surface area contributed by atoms with Crippen molar-refractivity contribution < 1.29 is 29.6 Å². The maximum atomic E-state index is 11.8. The van der Waals surface area contributed by atoms with Crippen LogP contribution in [0.1, 0.15) is 15.9 Å². The van der Waals surface area contributed by atoms with Crippen LogP contribution in [-0.4, -0.2) is 28.4 Å². The zero-order valence-corrected chi connectivity index (χ0v) is 11.2. The molecule has 0 aliphatic rings. The molecule has 3 N–H and O–H groups in total. The van der Waals surface area contributed by atoms with Crippen molar-refractivity contribution in [3.63, 3.8) is 0 Å². The molecular formula is C15H14O6. The summed E-state index contributed by atoms with van der Waals surface area (Å²) < 4.78 is 10.0. The third-order valence-electron chi connectivity index (χ3n) is 2.82. The van der Waals surface area contributed by atoms with Gasteiger partial charge >= 0.3 is 5.97 Å². The molecule has 0 atom stereocenters. The molecule has 6 nitrogen and oxygen atoms in total. The molecule has 0 amide bonds. The Kier molecular flexibility index (Phi) is 4.18. The first kappa shape index (κ1) is 14.5. The third-order valence-corrected chi connectivity index (χ3v) is 2.82. The minimum Gasteiger partial charge on any atom is -0.508 e. The lowest BCUT2D eigenvalue weighted by molar-refractivity contribution is 0.0469. The lowest BCUT2D eigenvalue weighted by Crippen LogP contribution is -2.05. The number of benzene rings is 2. The monoisotopic (exact) mass is 290 g/mol. The van der Waals surface area contributed by atoms with E-state index in [1.165, 1.54) is 25.3 Å². The average molecular weight is 290 g/mol. The van der Waals surface area contributed by atoms with Gasteiger partial charge in [-0.2, -0.15) is 0 Å². The van der Waals surface area contributed by atoms with E-state index in [1.54, 1.807) is 12.1 Å². The fraction of sp³-hybridized carbons (Fsp3) is 0.133. The van der Waals surface area contributed by atoms with E-state index in [0.29, 0.717) is 5.56 Å². The van der Waals surface area contributed by atoms with Gasteiger partial charge in [-0.3, -0.25) is 0 Å². The largest absolute Gasteiger partial charge is 0.508 e. The van der Waals surface area contributed by atoms with E-state index < -0.39 is 5.97 Å². The number of phenolic OH excluding ortho intramolecular Hbond substituents is 3. The molecule has 21 heavy (non-hydrogen) atoms. The Morgan fingerprint density at radius 3 is 2.48 bits per heavy atom. The highest BCUT2D eigenvalue weighted by Gasteiger charge is 2.13. The second-order valence-electron chi connectivity index (χ2n) is 4.28. The van der Waals surface area contributed by atoms with Crippen LogP contribution in [-0.2, 0) is 11.3 Å². The van der Waals surface area contributed by atoms with Crippen molar-refractivity contribution in [3.05, 3.63) is 47.5 Å². The Hall–Kier alpha value is -2.89. The molecule has 0 saturated carbocycles. The van der Waals surface area contributed by atoms with Crippen LogP contribution >= 0.6 is 0 Å². The lowest BCUT2D eigenvalue weighted by Gasteiger charge is -2.09. The summed E-state index contributed by atoms with van der Waals surface area (Å²) in [6.45, 7) is -0.0458. The number of methoxy groups -OCH3 is 1. The van der Waals surface area contributed by atoms with Crippen LogP contribution < -0.4 is 4.74 Å². The van der Waals surface area contributed by atoms with Crippen molar-refractivity contribution in [3.8, 4) is 23.0 Å². The number of carbonyl (C=O) groups is 1. The predicted octanol–water partition coefficient (Wildman–Crippen LogP) is 2.17. The normalized spacial score (nSPS) is 10.1. The molecule has 0 aromatic heterocycles. The van der Waals surface area contributed by atoms with Crippen molar-refractivity contribution in [1.29, 1.82) is 0 Å². The topological polar surface area (TPSA) is 96.2 Å². The van der Waals surface area contributed by atoms with Crippen LogP contribution in [0, 0.1) is 0 Å². The quantitative estimate of drug-likeness (QED) is 0.747. The van der Waals surface area contributed by atoms with Crippen molar-refractivity contribution in [1.82, 2.24) is 0 Å². The smallest absolute Gasteiger partial charge is 0.342 e. The number of rotatable bonds is 4. The van der Waals surface area contributed by atoms with E-state index in [-0.39, 0.29) is 35.2 Å². The highest BCUT2D eigenvalue weighted by molar-refractivity contribution is 5.92. The van der Waals surface area contributed by atoms with Gasteiger partial charge in [0.1, 0.15) is 23.7 Å². The minimum atomic E-state index is -0.723. The zero-order valence-electron chi connectivity index (χ0n) is 11.2. The maximum Gasteiger partial charge on any atom is 0.342 e. The molecule has 2 rings (SSSR count). The fourth-order valence-corrected chi connectivity index (χ4v) is 1.73. The highest BCUT2D eigenvalue weighted by atomic mass is 16.5. The van der Waals surface area contributed by atoms with Crippen molar-refractivity contribution >= 4 is 5.97 Å². The summed E-state index contributed by atoms with van der Waals surface area (Å²) in [5.74, 6) is -0.963. The van der Waals surface area contributed by atoms with Crippen LogP contribution in [0.15, 0.2) is 36.4 Å². The number of carbonyl (C=O) groups excluding carboxylic acids is 1. The van der Waals surface area contributed by atoms with Gasteiger partial charge < -0.3 is 24.8 Å². The Labute approximate surface area is 120 Å². The molecule has 0 saturated heterocycles. The first-order valence-electron chi connectivity index (χ1n) is 6.06. The Morgan fingerprint density at radius 2 is 1.81 bits per heavy atom. The number of hydrogen-bond donors (Lipinski definition) is 3. The summed E-state index contributed by atoms with van der Waals surface area (Å²) in [5, 5.41) is 28.2. The van der Waals surface area contributed by atoms with Crippen LogP contribution in [0.25, 0.3) is 0 Å². The predicted molar refractivity (Wildman–Crippen MR) is 73.5 cm³/mol. The van der Waals surface area contributed by atoms with E-state index in [4.69, 9.17) is 14.6 Å². The van der Waals surface area contributed by atoms with Gasteiger partial charge in [-0.05, 0) is 29.8 Å². The Morgan fingerprint density at radius 1 is 1.05 bits per heavy atom. The summed E-state index contributed by atoms with van der Waals surface area (Å²) in [5.41, 5.74) is 0.579. The number of esters is 1. The molecule has 2 aromatic rings. The van der Waals surface area contributed by atoms with Gasteiger partial charge in [0, 0.05) is 6.07 Å². The number of phenols is 3. The van der Waals surface area contributed by atoms with Gasteiger partial charge in [0.05, 0.1) is 7.11 Å². The average Bonchev–Trinajstić information content (AvgIpc) is 2.46. The number of ether oxygens (including phenoxy) is 2. The Balaban J connectivity index is 2.07. The lowest BCUT2D eigenvalue weighted by atomic mass is 10.2. The van der Waals surface area contributed by atoms with Gasteiger partial charge in [-0.15, -0.1) is 0 Å². The van der Waals surface area contributed by atoms with Crippen molar-refractivity contribution in [2.45, 2.75) is 6.61 Å². The molecule has 0 bridgehead atoms. The molecule has 0 fully saturated rings. The summed E-state index contributed by atoms with van der Waals surface area (Å²) in [7, 11) is 1.42. The van der Waals surface area contributed by atoms with Crippen LogP contribution in [0.3, 0.4) is 0 Å². The number of hydrogen-bond acceptors (Lipinski definition) is 6. The van der Waals surface area contributed by atoms with Gasteiger partial charge in [0.15, 0.2) is 11.5 Å². The van der Waals surface area contributed by atoms with Crippen molar-refractivity contribution in [2.24, 2.45) is 0 Å². The van der Waals surface area contributed by atoms with E-state index in [1.807, 2.05) is 0 Å². The molecule has 0 heterocycles. The molecule has 110 valence electrons. The number of aromatic hydroxyl groups is 3. The summed E-state index contributed by atoms with van der Waals surface area (Å²) in [6.07, 6.45) is 0. The first-order chi connectivity index (χ1) is 10.0. The van der Waals surface area contributed by atoms with E-state index >= 15 is 0 Å². The second kappa shape index (κ2) is 6.04. The summed E-state index contributed by atoms with van der Waals surface area (Å²) >= 11 is 0. The molecule has 6 heteroatoms. The van der Waals surface area contributed by atoms with Crippen molar-refractivity contribution in [2.75, 3.05) is 7.11 Å². The maximum absolute atomic E-state index is 11.8. The molecule has 0 aliphatic heterocycles. The van der Waals surface area contributed by atoms with Gasteiger partial charge in [0.25, 0.3) is 0 Å². The molecule has 0 radical (unpaired) electrons. The standard InChI is InChI=1S/C15H14O6/c1-20-14-6-9(2-5-12(14)17)8-21-15(19)11-4-3-10(16)7-13(11)18/h2-7,16-18H,8H2,1H3. The SMILES string of the molecule is COc1cc(COC(=O)c2ccc(O)cc2O)ccc1O. The van der Waals surface area contributed by atoms with Gasteiger partial charge in [-0.1, -0.05) is 6.07 Å². The fourth-order valence-electron chi connectivity index (χ4n) is 1.73. The minimum absolute atomic E-state index is 0.0104. The Bertz CT molecular complexity index is 665. The molecule has 0 aliphatic carbocycles. The van der Waals surface area contributed by atoms with E-state index in [0.717, 1.165) is 6.07 Å². The third kappa shape index (κ3) is 3.36. The highest BCUT2D eigenvalue weighted by Crippen LogP contribution is 2.27. The van der Waals surface area contributed by atoms with E-state index in [9.17, 15) is 15.0 Å². The van der Waals surface area contributed by atoms with Gasteiger partial charge in [-0.25, -0.2) is 4.79 Å². The summed E-state index contributed by atoms with van der Waals surface area (Å²) in [4.78, 5) is 11.8.